The maximum atomic E-state index is 4.61. The highest BCUT2D eigenvalue weighted by Gasteiger charge is 2.06. The molecule has 2 aromatic heterocycles. The summed E-state index contributed by atoms with van der Waals surface area (Å²) in [5.41, 5.74) is 5.19. The average Bonchev–Trinajstić information content (AvgIpc) is 2.66. The lowest BCUT2D eigenvalue weighted by Gasteiger charge is -2.11. The molecule has 134 valence electrons. The minimum absolute atomic E-state index is 0.604. The summed E-state index contributed by atoms with van der Waals surface area (Å²) in [6.07, 6.45) is 1.80. The number of nitrogens with one attached hydrogen (secondary N) is 2. The molecule has 4 aromatic rings. The fourth-order valence-corrected chi connectivity index (χ4v) is 3.06. The van der Waals surface area contributed by atoms with Gasteiger partial charge in [-0.05, 0) is 31.5 Å². The minimum Gasteiger partial charge on any atom is -0.350 e. The second-order valence-corrected chi connectivity index (χ2v) is 6.57. The Bertz CT molecular complexity index is 1090. The molecule has 2 aromatic carbocycles. The Hall–Kier alpha value is -3.47. The van der Waals surface area contributed by atoms with Crippen molar-refractivity contribution >= 4 is 28.4 Å². The van der Waals surface area contributed by atoms with Crippen LogP contribution in [0.25, 0.3) is 10.9 Å². The van der Waals surface area contributed by atoms with Gasteiger partial charge >= 0.3 is 0 Å². The third-order valence-electron chi connectivity index (χ3n) is 4.28. The van der Waals surface area contributed by atoms with Crippen molar-refractivity contribution in [3.63, 3.8) is 0 Å². The van der Waals surface area contributed by atoms with Gasteiger partial charge in [-0.1, -0.05) is 48.0 Å². The van der Waals surface area contributed by atoms with Crippen molar-refractivity contribution < 1.29 is 0 Å². The van der Waals surface area contributed by atoms with Crippen LogP contribution in [0.2, 0.25) is 0 Å². The molecule has 27 heavy (non-hydrogen) atoms. The minimum atomic E-state index is 0.604. The van der Waals surface area contributed by atoms with Gasteiger partial charge in [0.05, 0.1) is 11.2 Å². The monoisotopic (exact) mass is 355 g/mol. The molecule has 0 aliphatic carbocycles. The Morgan fingerprint density at radius 1 is 0.889 bits per heavy atom. The largest absolute Gasteiger partial charge is 0.350 e. The Balaban J connectivity index is 1.57. The Labute approximate surface area is 158 Å². The van der Waals surface area contributed by atoms with Gasteiger partial charge in [0.25, 0.3) is 0 Å². The number of anilines is 3. The topological polar surface area (TPSA) is 62.7 Å². The van der Waals surface area contributed by atoms with E-state index in [9.17, 15) is 0 Å². The van der Waals surface area contributed by atoms with E-state index >= 15 is 0 Å². The van der Waals surface area contributed by atoms with Gasteiger partial charge in [-0.15, -0.1) is 0 Å². The summed E-state index contributed by atoms with van der Waals surface area (Å²) in [5, 5.41) is 7.79. The summed E-state index contributed by atoms with van der Waals surface area (Å²) in [6, 6.07) is 20.4. The SMILES string of the molecule is Cc1cccc(CNc2nc(C)cc(Nc3cccc4cccnc34)n2)c1. The molecule has 0 saturated heterocycles. The van der Waals surface area contributed by atoms with Gasteiger partial charge in [0.15, 0.2) is 0 Å². The van der Waals surface area contributed by atoms with E-state index in [4.69, 9.17) is 0 Å². The first-order valence-corrected chi connectivity index (χ1v) is 8.93. The van der Waals surface area contributed by atoms with Gasteiger partial charge in [0.2, 0.25) is 5.95 Å². The predicted molar refractivity (Wildman–Crippen MR) is 110 cm³/mol. The van der Waals surface area contributed by atoms with Crippen molar-refractivity contribution in [2.75, 3.05) is 10.6 Å². The molecular weight excluding hydrogens is 334 g/mol. The molecule has 5 nitrogen and oxygen atoms in total. The van der Waals surface area contributed by atoms with Crippen molar-refractivity contribution in [1.82, 2.24) is 15.0 Å². The average molecular weight is 355 g/mol. The maximum absolute atomic E-state index is 4.61. The van der Waals surface area contributed by atoms with Crippen LogP contribution in [0.1, 0.15) is 16.8 Å². The number of para-hydroxylation sites is 1. The van der Waals surface area contributed by atoms with Crippen molar-refractivity contribution in [2.24, 2.45) is 0 Å². The first kappa shape index (κ1) is 17.0. The highest BCUT2D eigenvalue weighted by molar-refractivity contribution is 5.91. The molecule has 0 bridgehead atoms. The summed E-state index contributed by atoms with van der Waals surface area (Å²) in [5.74, 6) is 1.35. The van der Waals surface area contributed by atoms with Crippen molar-refractivity contribution in [3.05, 3.63) is 83.7 Å². The van der Waals surface area contributed by atoms with Crippen LogP contribution in [0.3, 0.4) is 0 Å². The Morgan fingerprint density at radius 2 is 1.74 bits per heavy atom. The zero-order valence-corrected chi connectivity index (χ0v) is 15.4. The molecule has 5 heteroatoms. The van der Waals surface area contributed by atoms with Crippen LogP contribution in [0.4, 0.5) is 17.5 Å². The van der Waals surface area contributed by atoms with E-state index in [0.29, 0.717) is 12.5 Å². The molecule has 0 spiro atoms. The van der Waals surface area contributed by atoms with Crippen LogP contribution in [0.5, 0.6) is 0 Å². The van der Waals surface area contributed by atoms with Gasteiger partial charge in [-0.25, -0.2) is 4.98 Å². The molecule has 0 atom stereocenters. The molecule has 0 saturated carbocycles. The number of aryl methyl sites for hydroxylation is 2. The Kier molecular flexibility index (Phi) is 4.66. The second kappa shape index (κ2) is 7.41. The summed E-state index contributed by atoms with van der Waals surface area (Å²) >= 11 is 0. The van der Waals surface area contributed by atoms with Crippen LogP contribution in [-0.2, 0) is 6.54 Å². The van der Waals surface area contributed by atoms with Crippen LogP contribution in [0.15, 0.2) is 66.9 Å². The van der Waals surface area contributed by atoms with E-state index < -0.39 is 0 Å². The number of pyridine rings is 1. The number of rotatable bonds is 5. The molecular formula is C22H21N5. The normalized spacial score (nSPS) is 10.7. The molecule has 0 radical (unpaired) electrons. The summed E-state index contributed by atoms with van der Waals surface area (Å²) in [7, 11) is 0. The van der Waals surface area contributed by atoms with Crippen molar-refractivity contribution in [1.29, 1.82) is 0 Å². The van der Waals surface area contributed by atoms with Gasteiger partial charge in [0, 0.05) is 29.9 Å². The van der Waals surface area contributed by atoms with Gasteiger partial charge in [-0.2, -0.15) is 4.98 Å². The second-order valence-electron chi connectivity index (χ2n) is 6.57. The summed E-state index contributed by atoms with van der Waals surface area (Å²) < 4.78 is 0. The number of fused-ring (bicyclic) bond motifs is 1. The third kappa shape index (κ3) is 4.03. The molecule has 0 aliphatic rings. The maximum Gasteiger partial charge on any atom is 0.225 e. The quantitative estimate of drug-likeness (QED) is 0.528. The van der Waals surface area contributed by atoms with E-state index in [0.717, 1.165) is 28.1 Å². The van der Waals surface area contributed by atoms with E-state index in [1.165, 1.54) is 11.1 Å². The van der Waals surface area contributed by atoms with Gasteiger partial charge < -0.3 is 10.6 Å². The van der Waals surface area contributed by atoms with Crippen LogP contribution in [-0.4, -0.2) is 15.0 Å². The lowest BCUT2D eigenvalue weighted by molar-refractivity contribution is 1.03. The highest BCUT2D eigenvalue weighted by atomic mass is 15.1. The summed E-state index contributed by atoms with van der Waals surface area (Å²) in [4.78, 5) is 13.6. The van der Waals surface area contributed by atoms with Crippen LogP contribution >= 0.6 is 0 Å². The van der Waals surface area contributed by atoms with E-state index in [-0.39, 0.29) is 0 Å². The molecule has 0 unspecified atom stereocenters. The molecule has 0 fully saturated rings. The zero-order chi connectivity index (χ0) is 18.6. The first-order chi connectivity index (χ1) is 13.2. The number of aromatic nitrogens is 3. The standard InChI is InChI=1S/C22H21N5/c1-15-6-3-7-17(12-15)14-24-22-25-16(2)13-20(27-22)26-19-10-4-8-18-9-5-11-23-21(18)19/h3-13H,14H2,1-2H3,(H2,24,25,26,27). The lowest BCUT2D eigenvalue weighted by Crippen LogP contribution is -2.06. The smallest absolute Gasteiger partial charge is 0.225 e. The van der Waals surface area contributed by atoms with E-state index in [1.54, 1.807) is 6.20 Å². The highest BCUT2D eigenvalue weighted by Crippen LogP contribution is 2.24. The molecule has 4 rings (SSSR count). The molecule has 2 N–H and O–H groups in total. The first-order valence-electron chi connectivity index (χ1n) is 8.93. The third-order valence-corrected chi connectivity index (χ3v) is 4.28. The van der Waals surface area contributed by atoms with E-state index in [2.05, 4.69) is 56.8 Å². The summed E-state index contributed by atoms with van der Waals surface area (Å²) in [6.45, 7) is 4.74. The lowest BCUT2D eigenvalue weighted by atomic mass is 10.1. The predicted octanol–water partition coefficient (Wildman–Crippen LogP) is 5.00. The number of hydrogen-bond acceptors (Lipinski definition) is 5. The number of benzene rings is 2. The van der Waals surface area contributed by atoms with Crippen molar-refractivity contribution in [3.8, 4) is 0 Å². The Morgan fingerprint density at radius 3 is 2.63 bits per heavy atom. The fraction of sp³-hybridized carbons (Fsp3) is 0.136. The number of hydrogen-bond donors (Lipinski definition) is 2. The van der Waals surface area contributed by atoms with Crippen LogP contribution in [0, 0.1) is 13.8 Å². The molecule has 0 aliphatic heterocycles. The molecule has 2 heterocycles. The van der Waals surface area contributed by atoms with E-state index in [1.807, 2.05) is 43.3 Å². The van der Waals surface area contributed by atoms with Gasteiger partial charge in [0.1, 0.15) is 5.82 Å². The van der Waals surface area contributed by atoms with Crippen LogP contribution < -0.4 is 10.6 Å². The zero-order valence-electron chi connectivity index (χ0n) is 15.4. The number of nitrogens with zero attached hydrogens (tertiary/aromatic N) is 3. The van der Waals surface area contributed by atoms with Gasteiger partial charge in [-0.3, -0.25) is 4.98 Å². The van der Waals surface area contributed by atoms with Crippen molar-refractivity contribution in [2.45, 2.75) is 20.4 Å². The fourth-order valence-electron chi connectivity index (χ4n) is 3.06. The molecule has 0 amide bonds.